The first kappa shape index (κ1) is 20.7. The molecule has 0 radical (unpaired) electrons. The van der Waals surface area contributed by atoms with Crippen LogP contribution in [-0.4, -0.2) is 45.6 Å². The molecule has 2 amide bonds. The second kappa shape index (κ2) is 9.96. The van der Waals surface area contributed by atoms with Gasteiger partial charge in [-0.3, -0.25) is 9.59 Å². The normalized spacial score (nSPS) is 13.4. The summed E-state index contributed by atoms with van der Waals surface area (Å²) in [7, 11) is 4.05. The van der Waals surface area contributed by atoms with E-state index >= 15 is 0 Å². The Balaban J connectivity index is 1.34. The maximum Gasteiger partial charge on any atom is 0.257 e. The Labute approximate surface area is 172 Å². The third-order valence-corrected chi connectivity index (χ3v) is 5.01. The number of carbonyl (C=O) groups excluding carboxylic acids is 2. The monoisotopic (exact) mass is 395 g/mol. The number of rotatable bonds is 9. The molecular weight excluding hydrogens is 366 g/mol. The predicted molar refractivity (Wildman–Crippen MR) is 116 cm³/mol. The van der Waals surface area contributed by atoms with Crippen LogP contribution < -0.4 is 19.9 Å². The lowest BCUT2D eigenvalue weighted by atomic mass is 10.1. The summed E-state index contributed by atoms with van der Waals surface area (Å²) in [6.07, 6.45) is 3.32. The van der Waals surface area contributed by atoms with E-state index in [1.54, 1.807) is 17.0 Å². The molecule has 1 aliphatic rings. The molecule has 6 heteroatoms. The molecular formula is C23H29N3O3. The van der Waals surface area contributed by atoms with Gasteiger partial charge in [0.1, 0.15) is 5.75 Å². The van der Waals surface area contributed by atoms with Crippen LogP contribution in [-0.2, 0) is 16.0 Å². The minimum Gasteiger partial charge on any atom is -0.484 e. The number of nitrogens with zero attached hydrogens (tertiary/aromatic N) is 2. The fourth-order valence-electron chi connectivity index (χ4n) is 3.32. The molecule has 2 aromatic carbocycles. The van der Waals surface area contributed by atoms with Gasteiger partial charge in [-0.1, -0.05) is 12.1 Å². The van der Waals surface area contributed by atoms with Crippen molar-refractivity contribution in [2.75, 3.05) is 43.6 Å². The number of carbonyl (C=O) groups is 2. The molecule has 0 unspecified atom stereocenters. The average Bonchev–Trinajstić information content (AvgIpc) is 3.16. The first-order valence-electron chi connectivity index (χ1n) is 10.1. The summed E-state index contributed by atoms with van der Waals surface area (Å²) < 4.78 is 5.54. The number of amides is 2. The Bertz CT molecular complexity index is 816. The Morgan fingerprint density at radius 3 is 2.45 bits per heavy atom. The van der Waals surface area contributed by atoms with Crippen LogP contribution in [0.4, 0.5) is 11.4 Å². The summed E-state index contributed by atoms with van der Waals surface area (Å²) in [5.41, 5.74) is 3.32. The second-order valence-electron chi connectivity index (χ2n) is 7.45. The summed E-state index contributed by atoms with van der Waals surface area (Å²) in [6.45, 7) is 1.37. The highest BCUT2D eigenvalue weighted by atomic mass is 16.5. The van der Waals surface area contributed by atoms with Gasteiger partial charge in [-0.2, -0.15) is 0 Å². The van der Waals surface area contributed by atoms with E-state index in [0.29, 0.717) is 18.7 Å². The molecule has 0 aromatic heterocycles. The molecule has 0 saturated carbocycles. The smallest absolute Gasteiger partial charge is 0.257 e. The standard InChI is InChI=1S/C23H29N3O3/c1-25(2)19-9-7-18(8-10-19)5-3-15-24-22(27)17-29-21-13-11-20(12-14-21)26-16-4-6-23(26)28/h7-14H,3-6,15-17H2,1-2H3,(H,24,27). The second-order valence-corrected chi connectivity index (χ2v) is 7.45. The lowest BCUT2D eigenvalue weighted by molar-refractivity contribution is -0.123. The van der Waals surface area contributed by atoms with Crippen molar-refractivity contribution in [3.05, 3.63) is 54.1 Å². The van der Waals surface area contributed by atoms with Crippen LogP contribution in [0.1, 0.15) is 24.8 Å². The summed E-state index contributed by atoms with van der Waals surface area (Å²) in [6, 6.07) is 15.8. The van der Waals surface area contributed by atoms with Crippen LogP contribution in [0.2, 0.25) is 0 Å². The summed E-state index contributed by atoms with van der Waals surface area (Å²) in [5.74, 6) is 0.648. The van der Waals surface area contributed by atoms with E-state index in [2.05, 4.69) is 34.5 Å². The highest BCUT2D eigenvalue weighted by molar-refractivity contribution is 5.95. The van der Waals surface area contributed by atoms with Gasteiger partial charge in [0.2, 0.25) is 5.91 Å². The van der Waals surface area contributed by atoms with Crippen molar-refractivity contribution in [2.24, 2.45) is 0 Å². The van der Waals surface area contributed by atoms with Crippen LogP contribution in [0.25, 0.3) is 0 Å². The number of benzene rings is 2. The largest absolute Gasteiger partial charge is 0.484 e. The molecule has 29 heavy (non-hydrogen) atoms. The van der Waals surface area contributed by atoms with Gasteiger partial charge in [-0.15, -0.1) is 0 Å². The van der Waals surface area contributed by atoms with Gasteiger partial charge >= 0.3 is 0 Å². The third kappa shape index (κ3) is 5.98. The quantitative estimate of drug-likeness (QED) is 0.663. The van der Waals surface area contributed by atoms with Gasteiger partial charge in [-0.05, 0) is 61.2 Å². The maximum absolute atomic E-state index is 12.0. The van der Waals surface area contributed by atoms with Crippen LogP contribution in [0.5, 0.6) is 5.75 Å². The lowest BCUT2D eigenvalue weighted by Gasteiger charge is -2.16. The fourth-order valence-corrected chi connectivity index (χ4v) is 3.32. The molecule has 2 aromatic rings. The van der Waals surface area contributed by atoms with E-state index in [4.69, 9.17) is 4.74 Å². The van der Waals surface area contributed by atoms with Gasteiger partial charge < -0.3 is 19.9 Å². The Hall–Kier alpha value is -3.02. The Morgan fingerprint density at radius 1 is 1.10 bits per heavy atom. The number of aryl methyl sites for hydroxylation is 1. The molecule has 1 fully saturated rings. The van der Waals surface area contributed by atoms with Gasteiger partial charge in [0.15, 0.2) is 6.61 Å². The fraction of sp³-hybridized carbons (Fsp3) is 0.391. The molecule has 1 heterocycles. The van der Waals surface area contributed by atoms with Crippen molar-refractivity contribution in [1.29, 1.82) is 0 Å². The number of ether oxygens (including phenoxy) is 1. The molecule has 0 spiro atoms. The highest BCUT2D eigenvalue weighted by Gasteiger charge is 2.21. The van der Waals surface area contributed by atoms with E-state index in [-0.39, 0.29) is 18.4 Å². The molecule has 1 saturated heterocycles. The van der Waals surface area contributed by atoms with Crippen molar-refractivity contribution in [2.45, 2.75) is 25.7 Å². The number of anilines is 2. The first-order valence-corrected chi connectivity index (χ1v) is 10.1. The van der Waals surface area contributed by atoms with Gasteiger partial charge in [-0.25, -0.2) is 0 Å². The van der Waals surface area contributed by atoms with E-state index in [1.807, 2.05) is 26.2 Å². The topological polar surface area (TPSA) is 61.9 Å². The van der Waals surface area contributed by atoms with Crippen molar-refractivity contribution in [3.8, 4) is 5.75 Å². The summed E-state index contributed by atoms with van der Waals surface area (Å²) in [4.78, 5) is 27.6. The predicted octanol–water partition coefficient (Wildman–Crippen LogP) is 3.01. The lowest BCUT2D eigenvalue weighted by Crippen LogP contribution is -2.30. The van der Waals surface area contributed by atoms with Crippen molar-refractivity contribution in [1.82, 2.24) is 5.32 Å². The first-order chi connectivity index (χ1) is 14.0. The summed E-state index contributed by atoms with van der Waals surface area (Å²) >= 11 is 0. The molecule has 6 nitrogen and oxygen atoms in total. The zero-order valence-corrected chi connectivity index (χ0v) is 17.2. The van der Waals surface area contributed by atoms with Crippen LogP contribution in [0, 0.1) is 0 Å². The SMILES string of the molecule is CN(C)c1ccc(CCCNC(=O)COc2ccc(N3CCCC3=O)cc2)cc1. The molecule has 154 valence electrons. The molecule has 0 bridgehead atoms. The Kier molecular flexibility index (Phi) is 7.11. The molecule has 0 atom stereocenters. The van der Waals surface area contributed by atoms with E-state index in [9.17, 15) is 9.59 Å². The molecule has 1 N–H and O–H groups in total. The average molecular weight is 396 g/mol. The van der Waals surface area contributed by atoms with Gasteiger partial charge in [0.25, 0.3) is 5.91 Å². The zero-order chi connectivity index (χ0) is 20.6. The van der Waals surface area contributed by atoms with Crippen molar-refractivity contribution in [3.63, 3.8) is 0 Å². The third-order valence-electron chi connectivity index (χ3n) is 5.01. The van der Waals surface area contributed by atoms with Gasteiger partial charge in [0, 0.05) is 45.0 Å². The number of hydrogen-bond acceptors (Lipinski definition) is 4. The highest BCUT2D eigenvalue weighted by Crippen LogP contribution is 2.23. The van der Waals surface area contributed by atoms with Gasteiger partial charge in [0.05, 0.1) is 0 Å². The summed E-state index contributed by atoms with van der Waals surface area (Å²) in [5, 5.41) is 2.89. The van der Waals surface area contributed by atoms with E-state index < -0.39 is 0 Å². The Morgan fingerprint density at radius 2 is 1.83 bits per heavy atom. The molecule has 0 aliphatic carbocycles. The van der Waals surface area contributed by atoms with Crippen molar-refractivity contribution < 1.29 is 14.3 Å². The van der Waals surface area contributed by atoms with Crippen LogP contribution in [0.15, 0.2) is 48.5 Å². The van der Waals surface area contributed by atoms with Crippen LogP contribution in [0.3, 0.4) is 0 Å². The van der Waals surface area contributed by atoms with Crippen LogP contribution >= 0.6 is 0 Å². The van der Waals surface area contributed by atoms with Crippen molar-refractivity contribution >= 4 is 23.2 Å². The maximum atomic E-state index is 12.0. The minimum atomic E-state index is -0.133. The minimum absolute atomic E-state index is 0.0144. The molecule has 3 rings (SSSR count). The number of hydrogen-bond donors (Lipinski definition) is 1. The molecule has 1 aliphatic heterocycles. The van der Waals surface area contributed by atoms with E-state index in [1.165, 1.54) is 11.3 Å². The number of nitrogens with one attached hydrogen (secondary N) is 1. The van der Waals surface area contributed by atoms with E-state index in [0.717, 1.165) is 31.5 Å². The zero-order valence-electron chi connectivity index (χ0n) is 17.2.